The van der Waals surface area contributed by atoms with Crippen molar-refractivity contribution in [2.75, 3.05) is 27.1 Å². The number of benzene rings is 3. The van der Waals surface area contributed by atoms with Gasteiger partial charge in [-0.2, -0.15) is 5.10 Å². The Kier molecular flexibility index (Phi) is 8.20. The minimum absolute atomic E-state index is 0.0974. The van der Waals surface area contributed by atoms with Gasteiger partial charge in [-0.05, 0) is 24.3 Å². The summed E-state index contributed by atoms with van der Waals surface area (Å²) in [7, 11) is 4.60. The molecular formula is C26H25N5O4S. The Morgan fingerprint density at radius 2 is 1.61 bits per heavy atom. The van der Waals surface area contributed by atoms with Gasteiger partial charge in [-0.3, -0.25) is 9.36 Å². The van der Waals surface area contributed by atoms with E-state index in [1.165, 1.54) is 32.2 Å². The molecule has 1 N–H and O–H groups in total. The van der Waals surface area contributed by atoms with Crippen LogP contribution in [-0.2, 0) is 4.79 Å². The number of amides is 1. The average molecular weight is 504 g/mol. The second-order valence-corrected chi connectivity index (χ2v) is 8.29. The molecule has 0 saturated heterocycles. The third-order valence-electron chi connectivity index (χ3n) is 5.14. The molecule has 4 rings (SSSR count). The average Bonchev–Trinajstić information content (AvgIpc) is 3.36. The summed E-state index contributed by atoms with van der Waals surface area (Å²) >= 11 is 1.27. The van der Waals surface area contributed by atoms with E-state index in [0.717, 1.165) is 11.3 Å². The zero-order valence-electron chi connectivity index (χ0n) is 20.0. The molecule has 0 radical (unpaired) electrons. The van der Waals surface area contributed by atoms with Crippen molar-refractivity contribution in [1.82, 2.24) is 20.2 Å². The van der Waals surface area contributed by atoms with Crippen molar-refractivity contribution in [3.8, 4) is 34.3 Å². The summed E-state index contributed by atoms with van der Waals surface area (Å²) in [4.78, 5) is 12.5. The second kappa shape index (κ2) is 11.9. The van der Waals surface area contributed by atoms with Gasteiger partial charge in [0.25, 0.3) is 5.91 Å². The summed E-state index contributed by atoms with van der Waals surface area (Å²) in [6.45, 7) is 0. The molecule has 1 aromatic heterocycles. The normalized spacial score (nSPS) is 10.9. The molecule has 0 aliphatic rings. The van der Waals surface area contributed by atoms with Gasteiger partial charge in [0.2, 0.25) is 5.75 Å². The van der Waals surface area contributed by atoms with Gasteiger partial charge in [0.05, 0.1) is 33.3 Å². The number of hydrazone groups is 1. The van der Waals surface area contributed by atoms with Crippen LogP contribution < -0.4 is 19.6 Å². The van der Waals surface area contributed by atoms with E-state index in [0.29, 0.717) is 33.8 Å². The summed E-state index contributed by atoms with van der Waals surface area (Å²) in [6.07, 6.45) is 1.49. The maximum absolute atomic E-state index is 12.5. The van der Waals surface area contributed by atoms with Crippen LogP contribution in [-0.4, -0.2) is 54.0 Å². The molecule has 0 bridgehead atoms. The number of methoxy groups -OCH3 is 3. The van der Waals surface area contributed by atoms with Crippen molar-refractivity contribution < 1.29 is 19.0 Å². The summed E-state index contributed by atoms with van der Waals surface area (Å²) in [5, 5.41) is 13.4. The van der Waals surface area contributed by atoms with Crippen molar-refractivity contribution in [3.63, 3.8) is 0 Å². The number of carbonyl (C=O) groups excluding carboxylic acids is 1. The molecule has 0 unspecified atom stereocenters. The van der Waals surface area contributed by atoms with Gasteiger partial charge in [0.15, 0.2) is 22.5 Å². The minimum Gasteiger partial charge on any atom is -0.493 e. The Morgan fingerprint density at radius 3 is 2.28 bits per heavy atom. The Bertz CT molecular complexity index is 1340. The van der Waals surface area contributed by atoms with E-state index in [-0.39, 0.29) is 11.7 Å². The number of hydrogen-bond donors (Lipinski definition) is 1. The molecule has 10 heteroatoms. The lowest BCUT2D eigenvalue weighted by atomic mass is 10.2. The molecule has 0 spiro atoms. The van der Waals surface area contributed by atoms with Gasteiger partial charge >= 0.3 is 0 Å². The molecule has 4 aromatic rings. The van der Waals surface area contributed by atoms with E-state index in [4.69, 9.17) is 14.2 Å². The SMILES string of the molecule is COc1ccc(/C=N/NC(=O)CSc2nnc(-c3ccccc3)n2-c2ccccc2)c(OC)c1OC. The molecule has 36 heavy (non-hydrogen) atoms. The maximum Gasteiger partial charge on any atom is 0.250 e. The van der Waals surface area contributed by atoms with Crippen molar-refractivity contribution in [3.05, 3.63) is 78.4 Å². The Morgan fingerprint density at radius 1 is 0.917 bits per heavy atom. The first kappa shape index (κ1) is 24.8. The molecule has 9 nitrogen and oxygen atoms in total. The number of rotatable bonds is 10. The van der Waals surface area contributed by atoms with Crippen LogP contribution >= 0.6 is 11.8 Å². The van der Waals surface area contributed by atoms with Crippen LogP contribution in [0.3, 0.4) is 0 Å². The highest BCUT2D eigenvalue weighted by molar-refractivity contribution is 7.99. The van der Waals surface area contributed by atoms with Crippen LogP contribution in [0.4, 0.5) is 0 Å². The molecule has 1 amide bonds. The minimum atomic E-state index is -0.292. The number of hydrogen-bond acceptors (Lipinski definition) is 8. The maximum atomic E-state index is 12.5. The van der Waals surface area contributed by atoms with Crippen LogP contribution in [0.2, 0.25) is 0 Å². The zero-order valence-corrected chi connectivity index (χ0v) is 20.9. The molecule has 0 atom stereocenters. The fraction of sp³-hybridized carbons (Fsp3) is 0.154. The van der Waals surface area contributed by atoms with E-state index < -0.39 is 0 Å². The molecule has 3 aromatic carbocycles. The Labute approximate surface area is 213 Å². The highest BCUT2D eigenvalue weighted by Gasteiger charge is 2.17. The predicted molar refractivity (Wildman–Crippen MR) is 139 cm³/mol. The smallest absolute Gasteiger partial charge is 0.250 e. The van der Waals surface area contributed by atoms with Crippen LogP contribution in [0.25, 0.3) is 17.1 Å². The number of carbonyl (C=O) groups is 1. The van der Waals surface area contributed by atoms with Crippen molar-refractivity contribution >= 4 is 23.9 Å². The standard InChI is InChI=1S/C26H25N5O4S/c1-33-21-15-14-19(23(34-2)24(21)35-3)16-27-28-22(32)17-36-26-30-29-25(18-10-6-4-7-11-18)31(26)20-12-8-5-9-13-20/h4-16H,17H2,1-3H3,(H,28,32)/b27-16+. The number of para-hydroxylation sites is 1. The van der Waals surface area contributed by atoms with Crippen LogP contribution in [0, 0.1) is 0 Å². The van der Waals surface area contributed by atoms with Gasteiger partial charge in [-0.25, -0.2) is 5.43 Å². The van der Waals surface area contributed by atoms with E-state index in [1.807, 2.05) is 65.2 Å². The highest BCUT2D eigenvalue weighted by Crippen LogP contribution is 2.39. The molecule has 0 saturated carbocycles. The van der Waals surface area contributed by atoms with Gasteiger partial charge in [0.1, 0.15) is 0 Å². The zero-order chi connectivity index (χ0) is 25.3. The topological polar surface area (TPSA) is 99.9 Å². The second-order valence-electron chi connectivity index (χ2n) is 7.35. The summed E-state index contributed by atoms with van der Waals surface area (Å²) in [5.41, 5.74) is 5.00. The Balaban J connectivity index is 1.48. The van der Waals surface area contributed by atoms with Crippen molar-refractivity contribution in [2.24, 2.45) is 5.10 Å². The molecule has 1 heterocycles. The Hall–Kier alpha value is -4.31. The predicted octanol–water partition coefficient (Wildman–Crippen LogP) is 4.20. The number of aromatic nitrogens is 3. The highest BCUT2D eigenvalue weighted by atomic mass is 32.2. The molecule has 0 fully saturated rings. The van der Waals surface area contributed by atoms with E-state index in [9.17, 15) is 4.79 Å². The van der Waals surface area contributed by atoms with E-state index in [1.54, 1.807) is 19.2 Å². The van der Waals surface area contributed by atoms with Crippen molar-refractivity contribution in [2.45, 2.75) is 5.16 Å². The third-order valence-corrected chi connectivity index (χ3v) is 6.07. The molecule has 0 aliphatic heterocycles. The molecule has 0 aliphatic carbocycles. The number of nitrogens with zero attached hydrogens (tertiary/aromatic N) is 4. The number of thioether (sulfide) groups is 1. The first-order valence-electron chi connectivity index (χ1n) is 11.0. The monoisotopic (exact) mass is 503 g/mol. The molecular weight excluding hydrogens is 478 g/mol. The lowest BCUT2D eigenvalue weighted by Gasteiger charge is -2.13. The summed E-state index contributed by atoms with van der Waals surface area (Å²) in [6, 6.07) is 23.1. The van der Waals surface area contributed by atoms with Gasteiger partial charge < -0.3 is 14.2 Å². The summed E-state index contributed by atoms with van der Waals surface area (Å²) < 4.78 is 18.0. The largest absolute Gasteiger partial charge is 0.493 e. The van der Waals surface area contributed by atoms with E-state index >= 15 is 0 Å². The van der Waals surface area contributed by atoms with Crippen LogP contribution in [0.15, 0.2) is 83.1 Å². The quantitative estimate of drug-likeness (QED) is 0.197. The first-order valence-corrected chi connectivity index (χ1v) is 11.9. The first-order chi connectivity index (χ1) is 17.7. The number of nitrogens with one attached hydrogen (secondary N) is 1. The summed E-state index contributed by atoms with van der Waals surface area (Å²) in [5.74, 6) is 1.93. The molecule has 184 valence electrons. The van der Waals surface area contributed by atoms with Gasteiger partial charge in [0, 0.05) is 16.8 Å². The lowest BCUT2D eigenvalue weighted by molar-refractivity contribution is -0.118. The third kappa shape index (κ3) is 5.49. The number of ether oxygens (including phenoxy) is 3. The fourth-order valence-corrected chi connectivity index (χ4v) is 4.25. The lowest BCUT2D eigenvalue weighted by Crippen LogP contribution is -2.20. The van der Waals surface area contributed by atoms with Crippen molar-refractivity contribution in [1.29, 1.82) is 0 Å². The van der Waals surface area contributed by atoms with Crippen LogP contribution in [0.1, 0.15) is 5.56 Å². The fourth-order valence-electron chi connectivity index (χ4n) is 3.51. The van der Waals surface area contributed by atoms with Gasteiger partial charge in [-0.1, -0.05) is 60.3 Å². The van der Waals surface area contributed by atoms with E-state index in [2.05, 4.69) is 20.7 Å². The van der Waals surface area contributed by atoms with Gasteiger partial charge in [-0.15, -0.1) is 10.2 Å². The van der Waals surface area contributed by atoms with Crippen LogP contribution in [0.5, 0.6) is 17.2 Å².